The average molecular weight is 292 g/mol. The highest BCUT2D eigenvalue weighted by atomic mass is 16.5. The number of hydrogen-bond donors (Lipinski definition) is 2. The van der Waals surface area contributed by atoms with Crippen LogP contribution in [0.5, 0.6) is 0 Å². The Labute approximate surface area is 118 Å². The molecule has 0 aliphatic heterocycles. The maximum Gasteiger partial charge on any atom is 0.420 e. The third-order valence-corrected chi connectivity index (χ3v) is 2.54. The summed E-state index contributed by atoms with van der Waals surface area (Å²) in [7, 11) is 0. The van der Waals surface area contributed by atoms with Crippen LogP contribution in [0.25, 0.3) is 11.1 Å². The van der Waals surface area contributed by atoms with Gasteiger partial charge in [0.1, 0.15) is 13.2 Å². The minimum Gasteiger partial charge on any atom is -0.480 e. The van der Waals surface area contributed by atoms with E-state index >= 15 is 0 Å². The summed E-state index contributed by atoms with van der Waals surface area (Å²) in [4.78, 5) is 33.6. The Morgan fingerprint density at radius 3 is 2.90 bits per heavy atom. The van der Waals surface area contributed by atoms with Gasteiger partial charge in [-0.25, -0.2) is 9.59 Å². The zero-order valence-corrected chi connectivity index (χ0v) is 10.9. The quantitative estimate of drug-likeness (QED) is 0.806. The fourth-order valence-electron chi connectivity index (χ4n) is 1.72. The van der Waals surface area contributed by atoms with Crippen molar-refractivity contribution in [3.8, 4) is 0 Å². The van der Waals surface area contributed by atoms with E-state index in [0.717, 1.165) is 4.57 Å². The predicted octanol–water partition coefficient (Wildman–Crippen LogP) is 1.41. The number of anilines is 1. The molecule has 0 spiro atoms. The maximum absolute atomic E-state index is 11.6. The number of rotatable bonds is 5. The van der Waals surface area contributed by atoms with Crippen LogP contribution in [0.3, 0.4) is 0 Å². The van der Waals surface area contributed by atoms with E-state index in [0.29, 0.717) is 11.2 Å². The third-order valence-electron chi connectivity index (χ3n) is 2.54. The highest BCUT2D eigenvalue weighted by Gasteiger charge is 2.13. The van der Waals surface area contributed by atoms with Gasteiger partial charge in [0.25, 0.3) is 0 Å². The zero-order chi connectivity index (χ0) is 15.4. The van der Waals surface area contributed by atoms with Crippen LogP contribution in [0.2, 0.25) is 0 Å². The van der Waals surface area contributed by atoms with Crippen LogP contribution in [0.15, 0.2) is 40.1 Å². The molecule has 0 aliphatic rings. The van der Waals surface area contributed by atoms with Crippen molar-refractivity contribution in [2.45, 2.75) is 6.54 Å². The van der Waals surface area contributed by atoms with Gasteiger partial charge in [-0.3, -0.25) is 14.7 Å². The fourth-order valence-corrected chi connectivity index (χ4v) is 1.72. The smallest absolute Gasteiger partial charge is 0.420 e. The normalized spacial score (nSPS) is 10.3. The molecule has 0 bridgehead atoms. The largest absolute Gasteiger partial charge is 0.480 e. The minimum absolute atomic E-state index is 0.0676. The molecule has 8 heteroatoms. The lowest BCUT2D eigenvalue weighted by atomic mass is 10.3. The lowest BCUT2D eigenvalue weighted by Gasteiger charge is -2.05. The number of carboxylic acid groups (broad SMARTS) is 1. The van der Waals surface area contributed by atoms with Gasteiger partial charge >= 0.3 is 17.8 Å². The van der Waals surface area contributed by atoms with E-state index in [1.807, 2.05) is 0 Å². The molecule has 0 aliphatic carbocycles. The van der Waals surface area contributed by atoms with Crippen LogP contribution in [0, 0.1) is 0 Å². The molecule has 2 N–H and O–H groups in total. The van der Waals surface area contributed by atoms with Crippen molar-refractivity contribution in [3.63, 3.8) is 0 Å². The van der Waals surface area contributed by atoms with Crippen LogP contribution in [-0.2, 0) is 16.1 Å². The predicted molar refractivity (Wildman–Crippen MR) is 73.3 cm³/mol. The molecule has 0 unspecified atom stereocenters. The van der Waals surface area contributed by atoms with Crippen LogP contribution < -0.4 is 11.1 Å². The summed E-state index contributed by atoms with van der Waals surface area (Å²) >= 11 is 0. The van der Waals surface area contributed by atoms with Crippen molar-refractivity contribution < 1.29 is 23.8 Å². The van der Waals surface area contributed by atoms with E-state index < -0.39 is 24.4 Å². The number of fused-ring (bicyclic) bond motifs is 1. The molecular formula is C13H12N2O6. The van der Waals surface area contributed by atoms with Crippen molar-refractivity contribution in [1.82, 2.24) is 4.57 Å². The highest BCUT2D eigenvalue weighted by molar-refractivity contribution is 5.88. The average Bonchev–Trinajstić information content (AvgIpc) is 2.71. The molecule has 110 valence electrons. The molecule has 1 amide bonds. The third kappa shape index (κ3) is 3.30. The van der Waals surface area contributed by atoms with E-state index in [-0.39, 0.29) is 12.2 Å². The Morgan fingerprint density at radius 2 is 2.24 bits per heavy atom. The van der Waals surface area contributed by atoms with Gasteiger partial charge in [-0.05, 0) is 12.1 Å². The number of hydrogen-bond acceptors (Lipinski definition) is 5. The topological polar surface area (TPSA) is 111 Å². The van der Waals surface area contributed by atoms with Crippen LogP contribution in [0.1, 0.15) is 0 Å². The summed E-state index contributed by atoms with van der Waals surface area (Å²) in [5.41, 5.74) is 0.850. The van der Waals surface area contributed by atoms with Gasteiger partial charge in [-0.2, -0.15) is 0 Å². The second-order valence-corrected chi connectivity index (χ2v) is 4.04. The highest BCUT2D eigenvalue weighted by Crippen LogP contribution is 2.18. The molecular weight excluding hydrogens is 280 g/mol. The van der Waals surface area contributed by atoms with Crippen LogP contribution in [0.4, 0.5) is 10.5 Å². The zero-order valence-electron chi connectivity index (χ0n) is 10.9. The van der Waals surface area contributed by atoms with Crippen LogP contribution in [-0.4, -0.2) is 28.3 Å². The van der Waals surface area contributed by atoms with Gasteiger partial charge in [0.05, 0.1) is 5.52 Å². The number of benzene rings is 1. The lowest BCUT2D eigenvalue weighted by molar-refractivity contribution is -0.137. The van der Waals surface area contributed by atoms with Crippen LogP contribution >= 0.6 is 0 Å². The number of ether oxygens (including phenoxy) is 1. The Kier molecular flexibility index (Phi) is 4.07. The fraction of sp³-hybridized carbons (Fsp3) is 0.154. The Hall–Kier alpha value is -3.03. The molecule has 1 aromatic carbocycles. The number of carboxylic acids is 1. The van der Waals surface area contributed by atoms with Gasteiger partial charge < -0.3 is 14.3 Å². The molecule has 0 radical (unpaired) electrons. The first-order valence-corrected chi connectivity index (χ1v) is 5.91. The second-order valence-electron chi connectivity index (χ2n) is 4.04. The number of carbonyl (C=O) groups is 2. The Morgan fingerprint density at radius 1 is 1.48 bits per heavy atom. The van der Waals surface area contributed by atoms with E-state index in [9.17, 15) is 14.4 Å². The summed E-state index contributed by atoms with van der Waals surface area (Å²) in [5.74, 6) is -1.94. The molecule has 0 fully saturated rings. The number of nitrogens with one attached hydrogen (secondary N) is 1. The molecule has 21 heavy (non-hydrogen) atoms. The molecule has 8 nitrogen and oxygen atoms in total. The number of carbonyl (C=O) groups excluding carboxylic acids is 1. The van der Waals surface area contributed by atoms with Gasteiger partial charge in [-0.1, -0.05) is 12.7 Å². The van der Waals surface area contributed by atoms with Gasteiger partial charge in [0.2, 0.25) is 0 Å². The van der Waals surface area contributed by atoms with Crippen molar-refractivity contribution in [2.75, 3.05) is 11.9 Å². The SMILES string of the molecule is C=CCOC(=O)Nc1ccc2c(c1)oc(=O)n2CC(=O)O. The van der Waals surface area contributed by atoms with Crippen molar-refractivity contribution in [2.24, 2.45) is 0 Å². The van der Waals surface area contributed by atoms with Gasteiger partial charge in [-0.15, -0.1) is 0 Å². The first-order chi connectivity index (χ1) is 10.0. The molecule has 2 rings (SSSR count). The summed E-state index contributed by atoms with van der Waals surface area (Å²) in [6.45, 7) is 2.98. The van der Waals surface area contributed by atoms with E-state index in [1.54, 1.807) is 0 Å². The summed E-state index contributed by atoms with van der Waals surface area (Å²) in [6.07, 6.45) is 0.745. The van der Waals surface area contributed by atoms with Crippen molar-refractivity contribution in [1.29, 1.82) is 0 Å². The second kappa shape index (κ2) is 5.95. The summed E-state index contributed by atoms with van der Waals surface area (Å²) in [5, 5.41) is 11.2. The monoisotopic (exact) mass is 292 g/mol. The molecule has 1 heterocycles. The standard InChI is InChI=1S/C13H12N2O6/c1-2-5-20-12(18)14-8-3-4-9-10(6-8)21-13(19)15(9)7-11(16)17/h2-4,6H,1,5,7H2,(H,14,18)(H,16,17). The molecule has 1 aromatic heterocycles. The molecule has 0 saturated carbocycles. The number of oxazole rings is 1. The van der Waals surface area contributed by atoms with Crippen molar-refractivity contribution in [3.05, 3.63) is 41.4 Å². The number of nitrogens with zero attached hydrogens (tertiary/aromatic N) is 1. The molecule has 0 saturated heterocycles. The van der Waals surface area contributed by atoms with E-state index in [2.05, 4.69) is 11.9 Å². The number of amides is 1. The summed E-state index contributed by atoms with van der Waals surface area (Å²) < 4.78 is 10.7. The number of aliphatic carboxylic acids is 1. The van der Waals surface area contributed by atoms with E-state index in [4.69, 9.17) is 14.3 Å². The van der Waals surface area contributed by atoms with E-state index in [1.165, 1.54) is 24.3 Å². The Bertz CT molecular complexity index is 758. The minimum atomic E-state index is -1.16. The van der Waals surface area contributed by atoms with Crippen molar-refractivity contribution >= 4 is 28.8 Å². The number of aromatic nitrogens is 1. The van der Waals surface area contributed by atoms with Gasteiger partial charge in [0.15, 0.2) is 5.58 Å². The van der Waals surface area contributed by atoms with Gasteiger partial charge in [0, 0.05) is 11.8 Å². The summed E-state index contributed by atoms with van der Waals surface area (Å²) in [6, 6.07) is 4.39. The molecule has 0 atom stereocenters. The lowest BCUT2D eigenvalue weighted by Crippen LogP contribution is -2.19. The first kappa shape index (κ1) is 14.4. The first-order valence-electron chi connectivity index (χ1n) is 5.91. The maximum atomic E-state index is 11.6. The Balaban J connectivity index is 2.27. The molecule has 2 aromatic rings.